The van der Waals surface area contributed by atoms with Crippen LogP contribution in [-0.2, 0) is 29.2 Å². The van der Waals surface area contributed by atoms with Crippen molar-refractivity contribution in [3.8, 4) is 0 Å². The molecule has 18 nitrogen and oxygen atoms in total. The molecule has 0 saturated heterocycles. The Hall–Kier alpha value is -1.23. The number of azide groups is 1. The number of unbranched alkanes of at least 4 members (excludes halogenated alkanes) is 2. The number of nitrogens with one attached hydrogen (secondary N) is 4. The highest BCUT2D eigenvalue weighted by atomic mass is 32.3. The van der Waals surface area contributed by atoms with Crippen molar-refractivity contribution in [2.24, 2.45) is 115 Å². The molecule has 8 rings (SSSR count). The molecule has 22 atom stereocenters. The summed E-state index contributed by atoms with van der Waals surface area (Å²) in [6.45, 7) is 30.1. The van der Waals surface area contributed by atoms with Gasteiger partial charge in [-0.25, -0.2) is 8.37 Å². The van der Waals surface area contributed by atoms with E-state index in [-0.39, 0.29) is 34.9 Å². The van der Waals surface area contributed by atoms with Crippen molar-refractivity contribution in [3.63, 3.8) is 0 Å². The van der Waals surface area contributed by atoms with Crippen LogP contribution in [-0.4, -0.2) is 125 Å². The van der Waals surface area contributed by atoms with Gasteiger partial charge in [-0.2, -0.15) is 16.8 Å². The van der Waals surface area contributed by atoms with Gasteiger partial charge in [-0.15, -0.1) is 0 Å². The summed E-state index contributed by atoms with van der Waals surface area (Å²) >= 11 is 0. The largest absolute Gasteiger partial charge is 0.397 e. The summed E-state index contributed by atoms with van der Waals surface area (Å²) in [5, 5.41) is 41.9. The molecule has 512 valence electrons. The van der Waals surface area contributed by atoms with Crippen LogP contribution in [0.5, 0.6) is 0 Å². The van der Waals surface area contributed by atoms with Crippen LogP contribution in [0.25, 0.3) is 10.4 Å². The lowest BCUT2D eigenvalue weighted by Crippen LogP contribution is -2.59. The van der Waals surface area contributed by atoms with Gasteiger partial charge in [-0.1, -0.05) is 74.4 Å². The molecular weight excluding hydrogens is 1150 g/mol. The highest BCUT2D eigenvalue weighted by molar-refractivity contribution is 7.81. The van der Waals surface area contributed by atoms with Gasteiger partial charge in [0.05, 0.1) is 24.4 Å². The van der Waals surface area contributed by atoms with E-state index in [4.69, 9.17) is 19.6 Å². The fourth-order valence-corrected chi connectivity index (χ4v) is 22.7. The molecule has 10 N–H and O–H groups in total. The van der Waals surface area contributed by atoms with Crippen molar-refractivity contribution >= 4 is 20.8 Å². The molecule has 20 heteroatoms. The SMILES string of the molecule is CC(C)[C@@H](CC[C@@H](C)[C@H]1CCC2C3C(CC[C@@]21C)[C@@]1(C)CC[C@H](NCCCNCCCCN)C[C@@H]1C[C@H]3O)OS(=O)(=O)O.CC(C)[C@@H](CC[C@@H](C)[C@H]1CCC2C3C(CC[C@@]21C)[C@@]1(C)CC[C@H](NCCCNCCCCN=[N+]=[N-])C[C@@H]1C[C@H]3O)OS(=O)(=O)O. The Morgan fingerprint density at radius 1 is 0.523 bits per heavy atom. The van der Waals surface area contributed by atoms with Gasteiger partial charge >= 0.3 is 20.8 Å². The minimum absolute atomic E-state index is 0.00737. The van der Waals surface area contributed by atoms with Crippen LogP contribution in [0.4, 0.5) is 0 Å². The van der Waals surface area contributed by atoms with E-state index >= 15 is 0 Å². The highest BCUT2D eigenvalue weighted by Gasteiger charge is 2.65. The van der Waals surface area contributed by atoms with Crippen molar-refractivity contribution in [2.75, 3.05) is 52.4 Å². The average molecular weight is 1280 g/mol. The summed E-state index contributed by atoms with van der Waals surface area (Å²) in [6, 6.07) is 1.12. The molecule has 8 aliphatic carbocycles. The second kappa shape index (κ2) is 32.9. The van der Waals surface area contributed by atoms with E-state index in [0.29, 0.717) is 113 Å². The minimum Gasteiger partial charge on any atom is -0.393 e. The van der Waals surface area contributed by atoms with E-state index < -0.39 is 33.0 Å². The third kappa shape index (κ3) is 18.6. The maximum Gasteiger partial charge on any atom is 0.397 e. The van der Waals surface area contributed by atoms with E-state index in [1.165, 1.54) is 89.9 Å². The van der Waals surface area contributed by atoms with E-state index in [9.17, 15) is 36.2 Å². The van der Waals surface area contributed by atoms with Crippen LogP contribution in [0.1, 0.15) is 236 Å². The van der Waals surface area contributed by atoms with E-state index in [1.807, 2.05) is 27.7 Å². The molecule has 8 saturated carbocycles. The summed E-state index contributed by atoms with van der Waals surface area (Å²) in [4.78, 5) is 2.80. The van der Waals surface area contributed by atoms with Gasteiger partial charge in [-0.3, -0.25) is 9.11 Å². The molecule has 0 radical (unpaired) electrons. The number of aliphatic hydroxyl groups is 2. The van der Waals surface area contributed by atoms with Crippen LogP contribution in [0.3, 0.4) is 0 Å². The lowest BCUT2D eigenvalue weighted by Gasteiger charge is -2.62. The number of hydrogen-bond donors (Lipinski definition) is 9. The number of rotatable bonds is 33. The first-order valence-corrected chi connectivity index (χ1v) is 38.6. The third-order valence-corrected chi connectivity index (χ3v) is 27.3. The summed E-state index contributed by atoms with van der Waals surface area (Å²) in [5.41, 5.74) is 15.0. The predicted octanol–water partition coefficient (Wildman–Crippen LogP) is 12.5. The maximum absolute atomic E-state index is 11.8. The normalized spacial score (nSPS) is 38.5. The smallest absolute Gasteiger partial charge is 0.393 e. The van der Waals surface area contributed by atoms with Crippen molar-refractivity contribution < 1.29 is 44.5 Å². The summed E-state index contributed by atoms with van der Waals surface area (Å²) in [6.07, 6.45) is 27.0. The zero-order chi connectivity index (χ0) is 64.2. The number of nitrogens with zero attached hydrogens (tertiary/aromatic N) is 3. The third-order valence-electron chi connectivity index (χ3n) is 26.3. The number of fused-ring (bicyclic) bond motifs is 10. The van der Waals surface area contributed by atoms with Gasteiger partial charge in [0.25, 0.3) is 0 Å². The molecule has 8 fully saturated rings. The molecule has 0 spiro atoms. The molecule has 88 heavy (non-hydrogen) atoms. The van der Waals surface area contributed by atoms with Gasteiger partial charge in [0.1, 0.15) is 0 Å². The van der Waals surface area contributed by atoms with E-state index in [2.05, 4.69) is 72.8 Å². The number of aliphatic hydroxyl groups excluding tert-OH is 2. The molecule has 0 aliphatic heterocycles. The van der Waals surface area contributed by atoms with Crippen LogP contribution in [0, 0.1) is 105 Å². The van der Waals surface area contributed by atoms with Crippen molar-refractivity contribution in [2.45, 2.75) is 273 Å². The highest BCUT2D eigenvalue weighted by Crippen LogP contribution is 2.70. The molecule has 0 aromatic heterocycles. The van der Waals surface area contributed by atoms with Gasteiger partial charge in [0, 0.05) is 23.5 Å². The van der Waals surface area contributed by atoms with Crippen molar-refractivity contribution in [1.29, 1.82) is 0 Å². The maximum atomic E-state index is 11.8. The quantitative estimate of drug-likeness (QED) is 0.00971. The van der Waals surface area contributed by atoms with Crippen molar-refractivity contribution in [3.05, 3.63) is 10.4 Å². The second-order valence-electron chi connectivity index (χ2n) is 32.0. The monoisotopic (exact) mass is 1280 g/mol. The van der Waals surface area contributed by atoms with Crippen LogP contribution < -0.4 is 27.0 Å². The van der Waals surface area contributed by atoms with Crippen LogP contribution in [0.2, 0.25) is 0 Å². The molecule has 8 aliphatic rings. The molecule has 0 bridgehead atoms. The zero-order valence-electron chi connectivity index (χ0n) is 56.6. The fraction of sp³-hybridized carbons (Fsp3) is 1.00. The van der Waals surface area contributed by atoms with Crippen molar-refractivity contribution in [1.82, 2.24) is 21.3 Å². The number of nitrogens with two attached hydrogens (primary N) is 1. The Balaban J connectivity index is 0.000000251. The van der Waals surface area contributed by atoms with Gasteiger partial charge in [0.2, 0.25) is 0 Å². The molecular formula is C68H128N8O10S2. The molecule has 0 aromatic rings. The molecule has 0 aromatic carbocycles. The predicted molar refractivity (Wildman–Crippen MR) is 353 cm³/mol. The standard InChI is InChI=1S/C34H63N5O5S.C34H65N3O5S/c1-23(2)31(44-45(41,42)43)12-9-24(3)27-10-11-28-32-29(14-16-34(27,28)5)33(4)15-13-26(21-25(33)22-30(32)40)37-19-8-18-36-17-6-7-20-38-39-35;1-23(2)31(42-43(39,40)41)12-9-24(3)27-10-11-28-32-29(14-16-34(27,28)5)33(4)15-13-26(21-25(33)22-30(32)38)37-20-8-19-36-18-7-6-17-35/h23-32,36-37,40H,6-22H2,1-5H3,(H,41,42,43);23-32,36-38H,6-22,35H2,1-5H3,(H,39,40,41)/t2*24-,25-,26+,27-,28?,29?,30-,31-,32?,33+,34-/m11/s1. The Bertz CT molecular complexity index is 2410. The Morgan fingerprint density at radius 3 is 1.30 bits per heavy atom. The molecule has 0 heterocycles. The first-order valence-electron chi connectivity index (χ1n) is 35.9. The lowest BCUT2D eigenvalue weighted by atomic mass is 9.43. The lowest BCUT2D eigenvalue weighted by molar-refractivity contribution is -0.167. The number of hydrogen-bond acceptors (Lipinski definition) is 14. The van der Waals surface area contributed by atoms with Gasteiger partial charge in [-0.05, 0) is 323 Å². The molecule has 0 amide bonds. The molecule has 6 unspecified atom stereocenters. The van der Waals surface area contributed by atoms with Crippen LogP contribution >= 0.6 is 0 Å². The summed E-state index contributed by atoms with van der Waals surface area (Å²) in [7, 11) is -8.92. The first kappa shape index (κ1) is 74.2. The summed E-state index contributed by atoms with van der Waals surface area (Å²) in [5.74, 6) is 6.32. The minimum atomic E-state index is -4.46. The Labute approximate surface area is 534 Å². The average Bonchev–Trinajstić information content (AvgIpc) is 1.24. The van der Waals surface area contributed by atoms with E-state index in [0.717, 1.165) is 110 Å². The summed E-state index contributed by atoms with van der Waals surface area (Å²) < 4.78 is 74.2. The Kier molecular flexibility index (Phi) is 27.8. The Morgan fingerprint density at radius 2 is 0.909 bits per heavy atom. The van der Waals surface area contributed by atoms with Crippen LogP contribution in [0.15, 0.2) is 5.11 Å². The van der Waals surface area contributed by atoms with Gasteiger partial charge in [0.15, 0.2) is 0 Å². The fourth-order valence-electron chi connectivity index (χ4n) is 21.5. The topological polar surface area (TPSA) is 291 Å². The van der Waals surface area contributed by atoms with E-state index in [1.54, 1.807) is 0 Å². The van der Waals surface area contributed by atoms with Gasteiger partial charge < -0.3 is 37.2 Å². The first-order chi connectivity index (χ1) is 41.6. The second-order valence-corrected chi connectivity index (χ2v) is 34.1. The zero-order valence-corrected chi connectivity index (χ0v) is 58.2.